The van der Waals surface area contributed by atoms with Crippen molar-refractivity contribution < 1.29 is 36.6 Å². The fourth-order valence-corrected chi connectivity index (χ4v) is 3.46. The van der Waals surface area contributed by atoms with Gasteiger partial charge in [-0.05, 0) is 42.3 Å². The summed E-state index contributed by atoms with van der Waals surface area (Å²) in [5, 5.41) is 15.4. The third-order valence-corrected chi connectivity index (χ3v) is 5.28. The number of aromatic nitrogens is 2. The van der Waals surface area contributed by atoms with Crippen LogP contribution in [0.4, 0.5) is 22.0 Å². The Morgan fingerprint density at radius 3 is 2.15 bits per heavy atom. The van der Waals surface area contributed by atoms with Gasteiger partial charge in [-0.1, -0.05) is 24.3 Å². The van der Waals surface area contributed by atoms with Crippen molar-refractivity contribution >= 4 is 11.9 Å². The smallest absolute Gasteiger partial charge is 0.416 e. The molecule has 0 bridgehead atoms. The Morgan fingerprint density at radius 2 is 1.65 bits per heavy atom. The van der Waals surface area contributed by atoms with Crippen LogP contribution in [-0.4, -0.2) is 26.8 Å². The Hall–Kier alpha value is -3.76. The Kier molecular flexibility index (Phi) is 7.04. The van der Waals surface area contributed by atoms with Crippen molar-refractivity contribution in [2.24, 2.45) is 7.05 Å². The molecule has 11 heteroatoms. The molecule has 2 N–H and O–H groups in total. The number of hydrogen-bond acceptors (Lipinski definition) is 3. The lowest BCUT2D eigenvalue weighted by Crippen LogP contribution is -2.28. The van der Waals surface area contributed by atoms with Gasteiger partial charge in [-0.2, -0.15) is 18.3 Å². The molecule has 2 aromatic carbocycles. The summed E-state index contributed by atoms with van der Waals surface area (Å²) < 4.78 is 66.9. The van der Waals surface area contributed by atoms with Crippen molar-refractivity contribution in [3.63, 3.8) is 0 Å². The number of amides is 1. The van der Waals surface area contributed by atoms with Gasteiger partial charge < -0.3 is 10.4 Å². The number of carboxylic acid groups (broad SMARTS) is 1. The van der Waals surface area contributed by atoms with Crippen molar-refractivity contribution in [2.45, 2.75) is 32.0 Å². The lowest BCUT2D eigenvalue weighted by atomic mass is 10.0. The number of carbonyl (C=O) groups excluding carboxylic acids is 1. The largest absolute Gasteiger partial charge is 0.478 e. The number of carbonyl (C=O) groups is 2. The first-order valence-corrected chi connectivity index (χ1v) is 10.0. The fraction of sp³-hybridized carbons (Fsp3) is 0.261. The van der Waals surface area contributed by atoms with E-state index < -0.39 is 41.8 Å². The minimum absolute atomic E-state index is 0.0494. The molecular formula is C23H20F5N3O3. The van der Waals surface area contributed by atoms with E-state index in [4.69, 9.17) is 5.11 Å². The van der Waals surface area contributed by atoms with Gasteiger partial charge in [-0.15, -0.1) is 0 Å². The second kappa shape index (κ2) is 9.62. The van der Waals surface area contributed by atoms with E-state index in [1.165, 1.54) is 43.4 Å². The third kappa shape index (κ3) is 5.41. The van der Waals surface area contributed by atoms with E-state index in [9.17, 15) is 31.5 Å². The molecule has 180 valence electrons. The van der Waals surface area contributed by atoms with E-state index in [-0.39, 0.29) is 23.2 Å². The van der Waals surface area contributed by atoms with E-state index >= 15 is 0 Å². The zero-order chi connectivity index (χ0) is 25.2. The maximum absolute atomic E-state index is 13.6. The van der Waals surface area contributed by atoms with Gasteiger partial charge in [0.1, 0.15) is 5.69 Å². The second-order valence-electron chi connectivity index (χ2n) is 7.63. The summed E-state index contributed by atoms with van der Waals surface area (Å²) in [7, 11) is 1.37. The van der Waals surface area contributed by atoms with E-state index in [0.717, 1.165) is 16.8 Å². The molecule has 3 rings (SSSR count). The Labute approximate surface area is 191 Å². The van der Waals surface area contributed by atoms with E-state index in [1.807, 2.05) is 0 Å². The minimum Gasteiger partial charge on any atom is -0.478 e. The van der Waals surface area contributed by atoms with Gasteiger partial charge in [0.15, 0.2) is 0 Å². The molecule has 0 aliphatic heterocycles. The average Bonchev–Trinajstić information content (AvgIpc) is 3.10. The zero-order valence-corrected chi connectivity index (χ0v) is 18.0. The SMILES string of the molecule is C[C@H](NC(=O)c1c(C(F)F)nn(C)c1Cc1ccc(C(F)(F)F)cc1)c1ccc(C(=O)O)cc1. The van der Waals surface area contributed by atoms with Crippen LogP contribution in [-0.2, 0) is 19.6 Å². The van der Waals surface area contributed by atoms with Crippen LogP contribution in [0.1, 0.15) is 68.2 Å². The summed E-state index contributed by atoms with van der Waals surface area (Å²) in [4.78, 5) is 24.0. The highest BCUT2D eigenvalue weighted by atomic mass is 19.4. The van der Waals surface area contributed by atoms with Gasteiger partial charge in [0, 0.05) is 13.5 Å². The Balaban J connectivity index is 1.89. The highest BCUT2D eigenvalue weighted by molar-refractivity contribution is 5.97. The van der Waals surface area contributed by atoms with Crippen LogP contribution in [0.25, 0.3) is 0 Å². The molecule has 1 heterocycles. The molecule has 0 radical (unpaired) electrons. The second-order valence-corrected chi connectivity index (χ2v) is 7.63. The molecule has 1 amide bonds. The van der Waals surface area contributed by atoms with Gasteiger partial charge in [-0.25, -0.2) is 13.6 Å². The number of halogens is 5. The normalized spacial score (nSPS) is 12.6. The van der Waals surface area contributed by atoms with Crippen molar-refractivity contribution in [1.29, 1.82) is 0 Å². The van der Waals surface area contributed by atoms with E-state index in [2.05, 4.69) is 10.4 Å². The highest BCUT2D eigenvalue weighted by Crippen LogP contribution is 2.30. The molecule has 0 spiro atoms. The zero-order valence-electron chi connectivity index (χ0n) is 18.0. The van der Waals surface area contributed by atoms with Gasteiger partial charge in [0.25, 0.3) is 12.3 Å². The monoisotopic (exact) mass is 481 g/mol. The fourth-order valence-electron chi connectivity index (χ4n) is 3.46. The number of aryl methyl sites for hydroxylation is 1. The molecule has 0 saturated heterocycles. The number of aromatic carboxylic acids is 1. The third-order valence-electron chi connectivity index (χ3n) is 5.28. The van der Waals surface area contributed by atoms with E-state index in [0.29, 0.717) is 11.1 Å². The number of carboxylic acids is 1. The molecule has 0 saturated carbocycles. The van der Waals surface area contributed by atoms with Crippen LogP contribution in [0.15, 0.2) is 48.5 Å². The molecule has 0 aliphatic carbocycles. The van der Waals surface area contributed by atoms with Crippen molar-refractivity contribution in [1.82, 2.24) is 15.1 Å². The first-order chi connectivity index (χ1) is 15.9. The number of benzene rings is 2. The van der Waals surface area contributed by atoms with Crippen molar-refractivity contribution in [2.75, 3.05) is 0 Å². The standard InChI is InChI=1S/C23H20F5N3O3/c1-12(14-5-7-15(8-6-14)22(33)34)29-21(32)18-17(31(2)30-19(18)20(24)25)11-13-3-9-16(10-4-13)23(26,27)28/h3-10,12,20H,11H2,1-2H3,(H,29,32)(H,33,34)/t12-/m0/s1. The summed E-state index contributed by atoms with van der Waals surface area (Å²) in [6.45, 7) is 1.60. The lowest BCUT2D eigenvalue weighted by molar-refractivity contribution is -0.137. The first kappa shape index (κ1) is 24.9. The molecule has 0 aliphatic rings. The summed E-state index contributed by atoms with van der Waals surface area (Å²) in [5.74, 6) is -1.95. The molecule has 3 aromatic rings. The lowest BCUT2D eigenvalue weighted by Gasteiger charge is -2.16. The number of rotatable bonds is 7. The Bertz CT molecular complexity index is 1190. The van der Waals surface area contributed by atoms with Crippen LogP contribution in [0, 0.1) is 0 Å². The van der Waals surface area contributed by atoms with Crippen LogP contribution in [0.5, 0.6) is 0 Å². The van der Waals surface area contributed by atoms with Crippen molar-refractivity contribution in [3.05, 3.63) is 87.7 Å². The average molecular weight is 481 g/mol. The number of alkyl halides is 5. The minimum atomic E-state index is -4.52. The van der Waals surface area contributed by atoms with Crippen LogP contribution in [0.3, 0.4) is 0 Å². The molecule has 0 fully saturated rings. The number of nitrogens with one attached hydrogen (secondary N) is 1. The maximum atomic E-state index is 13.6. The summed E-state index contributed by atoms with van der Waals surface area (Å²) in [6.07, 6.45) is -7.67. The Morgan fingerprint density at radius 1 is 1.06 bits per heavy atom. The van der Waals surface area contributed by atoms with Gasteiger partial charge in [-0.3, -0.25) is 9.48 Å². The summed E-state index contributed by atoms with van der Waals surface area (Å²) in [5.41, 5.74) is -0.861. The molecule has 34 heavy (non-hydrogen) atoms. The molecule has 6 nitrogen and oxygen atoms in total. The number of hydrogen-bond donors (Lipinski definition) is 2. The topological polar surface area (TPSA) is 84.2 Å². The van der Waals surface area contributed by atoms with Gasteiger partial charge >= 0.3 is 12.1 Å². The molecule has 0 unspecified atom stereocenters. The van der Waals surface area contributed by atoms with Gasteiger partial charge in [0.05, 0.1) is 28.4 Å². The highest BCUT2D eigenvalue weighted by Gasteiger charge is 2.31. The predicted molar refractivity (Wildman–Crippen MR) is 112 cm³/mol. The summed E-state index contributed by atoms with van der Waals surface area (Å²) >= 11 is 0. The van der Waals surface area contributed by atoms with Crippen LogP contribution >= 0.6 is 0 Å². The first-order valence-electron chi connectivity index (χ1n) is 10.0. The number of nitrogens with zero attached hydrogens (tertiary/aromatic N) is 2. The molecule has 1 aromatic heterocycles. The van der Waals surface area contributed by atoms with E-state index in [1.54, 1.807) is 6.92 Å². The molecule has 1 atom stereocenters. The molecular weight excluding hydrogens is 461 g/mol. The summed E-state index contributed by atoms with van der Waals surface area (Å²) in [6, 6.07) is 9.22. The maximum Gasteiger partial charge on any atom is 0.416 e. The van der Waals surface area contributed by atoms with Crippen LogP contribution in [0.2, 0.25) is 0 Å². The van der Waals surface area contributed by atoms with Crippen molar-refractivity contribution in [3.8, 4) is 0 Å². The predicted octanol–water partition coefficient (Wildman–Crippen LogP) is 5.16. The van der Waals surface area contributed by atoms with Gasteiger partial charge in [0.2, 0.25) is 0 Å². The quantitative estimate of drug-likeness (QED) is 0.457. The van der Waals surface area contributed by atoms with Crippen LogP contribution < -0.4 is 5.32 Å².